The molecule has 1 N–H and O–H groups in total. The Balaban J connectivity index is 0.00000252. The summed E-state index contributed by atoms with van der Waals surface area (Å²) in [5, 5.41) is -0.860. The van der Waals surface area contributed by atoms with E-state index >= 15 is 4.39 Å². The second-order valence-electron chi connectivity index (χ2n) is 15.3. The Labute approximate surface area is 295 Å². The first-order valence-corrected chi connectivity index (χ1v) is 19.1. The first-order chi connectivity index (χ1) is 23.6. The number of halogens is 1. The van der Waals surface area contributed by atoms with Gasteiger partial charge >= 0.3 is 5.69 Å². The number of rotatable bonds is 7. The largest absolute Gasteiger partial charge is 0.366 e. The number of carbonyl (C=O) groups is 2. The average Bonchev–Trinajstić information content (AvgIpc) is 3.59. The smallest absolute Gasteiger partial charge is 0.327 e. The number of hydrogen-bond acceptors (Lipinski definition) is 7. The molecule has 0 spiro atoms. The number of anilines is 1. The molecule has 1 saturated carbocycles. The van der Waals surface area contributed by atoms with Crippen LogP contribution in [0.3, 0.4) is 0 Å². The number of H-pyrrole nitrogens is 1. The Morgan fingerprint density at radius 3 is 2.43 bits per heavy atom. The van der Waals surface area contributed by atoms with Gasteiger partial charge in [-0.2, -0.15) is 0 Å². The summed E-state index contributed by atoms with van der Waals surface area (Å²) in [4.78, 5) is 56.3. The summed E-state index contributed by atoms with van der Waals surface area (Å²) in [6.07, 6.45) is 8.88. The van der Waals surface area contributed by atoms with Crippen LogP contribution < -0.4 is 10.6 Å². The van der Waals surface area contributed by atoms with Crippen molar-refractivity contribution in [1.82, 2.24) is 29.2 Å². The minimum atomic E-state index is -0.519. The van der Waals surface area contributed by atoms with Gasteiger partial charge in [0.05, 0.1) is 16.5 Å². The second kappa shape index (κ2) is 14.1. The number of aromatic amines is 1. The highest BCUT2D eigenvalue weighted by Crippen LogP contribution is 2.49. The van der Waals surface area contributed by atoms with Gasteiger partial charge in [0, 0.05) is 78.4 Å². The molecular formula is C37H54FN7O3S. The number of aromatic nitrogens is 3. The Hall–Kier alpha value is -3.38. The fourth-order valence-corrected chi connectivity index (χ4v) is 9.92. The molecule has 2 atom stereocenters. The van der Waals surface area contributed by atoms with Gasteiger partial charge in [-0.25, -0.2) is 14.2 Å². The third-order valence-electron chi connectivity index (χ3n) is 11.2. The summed E-state index contributed by atoms with van der Waals surface area (Å²) in [5.74, 6) is 0.132. The van der Waals surface area contributed by atoms with Gasteiger partial charge in [-0.05, 0) is 70.6 Å². The van der Waals surface area contributed by atoms with Crippen molar-refractivity contribution in [3.8, 4) is 0 Å². The van der Waals surface area contributed by atoms with Crippen molar-refractivity contribution in [1.29, 1.82) is 0 Å². The van der Waals surface area contributed by atoms with E-state index < -0.39 is 5.25 Å². The highest BCUT2D eigenvalue weighted by Gasteiger charge is 2.45. The molecule has 268 valence electrons. The van der Waals surface area contributed by atoms with Crippen molar-refractivity contribution in [2.75, 3.05) is 50.7 Å². The SMILES string of the molecule is CC(C)(C)N1CCN(c2c(F)cccc2C2S[C@@H](CC(=O)N3CCC(n4c(=O)[nH]c5ncccc54)CC3)C(=O)N2CC2CCCCC2)CC1.[HH].[HH]. The number of benzene rings is 1. The lowest BCUT2D eigenvalue weighted by atomic mass is 9.88. The lowest BCUT2D eigenvalue weighted by Gasteiger charge is -2.44. The predicted octanol–water partition coefficient (Wildman–Crippen LogP) is 6.05. The zero-order valence-electron chi connectivity index (χ0n) is 29.1. The molecule has 2 amide bonds. The van der Waals surface area contributed by atoms with Gasteiger partial charge < -0.3 is 14.7 Å². The van der Waals surface area contributed by atoms with E-state index in [-0.39, 0.29) is 49.6 Å². The van der Waals surface area contributed by atoms with E-state index in [4.69, 9.17) is 0 Å². The number of nitrogens with zero attached hydrogens (tertiary/aromatic N) is 6. The number of amides is 2. The topological polar surface area (TPSA) is 97.8 Å². The summed E-state index contributed by atoms with van der Waals surface area (Å²) in [6, 6.07) is 8.99. The highest BCUT2D eigenvalue weighted by molar-refractivity contribution is 8.01. The van der Waals surface area contributed by atoms with Gasteiger partial charge in [0.2, 0.25) is 11.8 Å². The van der Waals surface area contributed by atoms with Crippen molar-refractivity contribution >= 4 is 40.4 Å². The van der Waals surface area contributed by atoms with Gasteiger partial charge in [0.1, 0.15) is 11.2 Å². The number of para-hydroxylation sites is 1. The van der Waals surface area contributed by atoms with Crippen LogP contribution in [0.4, 0.5) is 10.1 Å². The number of pyridine rings is 1. The number of likely N-dealkylation sites (tertiary alicyclic amines) is 1. The van der Waals surface area contributed by atoms with E-state index in [1.807, 2.05) is 28.0 Å². The standard InChI is InChI=1S/C37H50FN7O3S.2H2/c1-37(2,3)43-21-19-42(20-22-43)32-27(11-7-12-28(32)38)35-44(24-25-9-5-4-6-10-25)34(47)30(49-35)23-31(46)41-17-14-26(15-18-41)45-29-13-8-16-39-33(29)40-36(45)48;;/h7-8,11-13,16,25-26,30,35H,4-6,9-10,14-15,17-24H2,1-3H3,(H,39,40,48);2*1H/t30-,35?;;/m0../s1. The monoisotopic (exact) mass is 695 g/mol. The number of imidazole rings is 1. The highest BCUT2D eigenvalue weighted by atomic mass is 32.2. The number of piperazine rings is 1. The Bertz CT molecular complexity index is 1730. The number of carbonyl (C=O) groups excluding carboxylic acids is 2. The second-order valence-corrected chi connectivity index (χ2v) is 16.6. The van der Waals surface area contributed by atoms with Crippen molar-refractivity contribution in [3.63, 3.8) is 0 Å². The third kappa shape index (κ3) is 7.00. The van der Waals surface area contributed by atoms with E-state index in [2.05, 4.69) is 40.5 Å². The van der Waals surface area contributed by atoms with Crippen LogP contribution in [0, 0.1) is 11.7 Å². The normalized spacial score (nSPS) is 23.6. The van der Waals surface area contributed by atoms with Gasteiger partial charge in [-0.15, -0.1) is 11.8 Å². The average molecular weight is 696 g/mol. The van der Waals surface area contributed by atoms with E-state index in [1.54, 1.807) is 16.8 Å². The molecule has 3 saturated heterocycles. The zero-order chi connectivity index (χ0) is 34.3. The Morgan fingerprint density at radius 1 is 0.980 bits per heavy atom. The molecule has 10 nitrogen and oxygen atoms in total. The van der Waals surface area contributed by atoms with Crippen LogP contribution in [-0.2, 0) is 9.59 Å². The van der Waals surface area contributed by atoms with Crippen LogP contribution in [0.1, 0.15) is 92.0 Å². The van der Waals surface area contributed by atoms with E-state index in [1.165, 1.54) is 37.1 Å². The fourth-order valence-electron chi connectivity index (χ4n) is 8.45. The van der Waals surface area contributed by atoms with Gasteiger partial charge in [0.15, 0.2) is 5.65 Å². The first-order valence-electron chi connectivity index (χ1n) is 18.2. The maximum atomic E-state index is 15.8. The molecule has 1 unspecified atom stereocenters. The minimum Gasteiger partial charge on any atom is -0.366 e. The molecule has 0 radical (unpaired) electrons. The van der Waals surface area contributed by atoms with Crippen LogP contribution in [-0.4, -0.2) is 97.7 Å². The number of fused-ring (bicyclic) bond motifs is 1. The molecule has 5 heterocycles. The van der Waals surface area contributed by atoms with Gasteiger partial charge in [-0.1, -0.05) is 31.4 Å². The molecule has 3 aliphatic heterocycles. The van der Waals surface area contributed by atoms with E-state index in [0.29, 0.717) is 49.7 Å². The molecular weight excluding hydrogens is 642 g/mol. The molecule has 12 heteroatoms. The van der Waals surface area contributed by atoms with Crippen molar-refractivity contribution in [2.45, 2.75) is 94.3 Å². The number of nitrogens with one attached hydrogen (secondary N) is 1. The molecule has 3 aromatic rings. The zero-order valence-corrected chi connectivity index (χ0v) is 29.9. The van der Waals surface area contributed by atoms with Crippen LogP contribution >= 0.6 is 11.8 Å². The Morgan fingerprint density at radius 2 is 1.71 bits per heavy atom. The van der Waals surface area contributed by atoms with Gasteiger partial charge in [-0.3, -0.25) is 24.0 Å². The lowest BCUT2D eigenvalue weighted by molar-refractivity contribution is -0.137. The molecule has 4 fully saturated rings. The number of piperidine rings is 1. The first kappa shape index (κ1) is 34.1. The summed E-state index contributed by atoms with van der Waals surface area (Å²) in [7, 11) is 0. The molecule has 4 aliphatic rings. The van der Waals surface area contributed by atoms with Crippen LogP contribution in [0.2, 0.25) is 0 Å². The Kier molecular flexibility index (Phi) is 9.80. The summed E-state index contributed by atoms with van der Waals surface area (Å²) in [5.41, 5.74) is 2.67. The number of thioether (sulfide) groups is 1. The molecule has 7 rings (SSSR count). The maximum absolute atomic E-state index is 15.8. The molecule has 0 bridgehead atoms. The molecule has 49 heavy (non-hydrogen) atoms. The molecule has 2 aromatic heterocycles. The number of hydrogen-bond donors (Lipinski definition) is 1. The van der Waals surface area contributed by atoms with Crippen LogP contribution in [0.15, 0.2) is 41.3 Å². The minimum absolute atomic E-state index is 0. The van der Waals surface area contributed by atoms with E-state index in [0.717, 1.165) is 50.1 Å². The molecule has 1 aromatic carbocycles. The molecule has 1 aliphatic carbocycles. The quantitative estimate of drug-likeness (QED) is 0.322. The van der Waals surface area contributed by atoms with Crippen LogP contribution in [0.5, 0.6) is 0 Å². The van der Waals surface area contributed by atoms with Gasteiger partial charge in [0.25, 0.3) is 0 Å². The lowest BCUT2D eigenvalue weighted by Crippen LogP contribution is -2.53. The van der Waals surface area contributed by atoms with Crippen LogP contribution in [0.25, 0.3) is 11.2 Å². The van der Waals surface area contributed by atoms with Crippen molar-refractivity contribution < 1.29 is 16.8 Å². The third-order valence-corrected chi connectivity index (χ3v) is 12.6. The summed E-state index contributed by atoms with van der Waals surface area (Å²) >= 11 is 1.52. The summed E-state index contributed by atoms with van der Waals surface area (Å²) in [6.45, 7) is 11.5. The fraction of sp³-hybridized carbons (Fsp3) is 0.622. The van der Waals surface area contributed by atoms with E-state index in [9.17, 15) is 14.4 Å². The van der Waals surface area contributed by atoms with Crippen molar-refractivity contribution in [2.24, 2.45) is 5.92 Å². The maximum Gasteiger partial charge on any atom is 0.327 e. The summed E-state index contributed by atoms with van der Waals surface area (Å²) < 4.78 is 17.6. The van der Waals surface area contributed by atoms with Crippen molar-refractivity contribution in [3.05, 3.63) is 58.4 Å². The predicted molar refractivity (Wildman–Crippen MR) is 196 cm³/mol.